The van der Waals surface area contributed by atoms with Crippen molar-refractivity contribution in [1.29, 1.82) is 0 Å². The van der Waals surface area contributed by atoms with Gasteiger partial charge in [0.15, 0.2) is 5.82 Å². The van der Waals surface area contributed by atoms with Gasteiger partial charge in [0.2, 0.25) is 0 Å². The van der Waals surface area contributed by atoms with Gasteiger partial charge in [-0.15, -0.1) is 0 Å². The van der Waals surface area contributed by atoms with Crippen molar-refractivity contribution in [2.75, 3.05) is 36.4 Å². The van der Waals surface area contributed by atoms with Crippen LogP contribution in [-0.2, 0) is 13.1 Å². The average molecular weight is 408 g/mol. The van der Waals surface area contributed by atoms with Crippen molar-refractivity contribution in [3.63, 3.8) is 0 Å². The highest BCUT2D eigenvalue weighted by Gasteiger charge is 2.18. The van der Waals surface area contributed by atoms with Crippen molar-refractivity contribution in [1.82, 2.24) is 15.2 Å². The number of benzene rings is 1. The molecular weight excluding hydrogens is 374 g/mol. The number of rotatable bonds is 6. The summed E-state index contributed by atoms with van der Waals surface area (Å²) in [4.78, 5) is 21.8. The lowest BCUT2D eigenvalue weighted by Crippen LogP contribution is -2.30. The monoisotopic (exact) mass is 407 g/mol. The minimum atomic E-state index is -0.193. The van der Waals surface area contributed by atoms with Gasteiger partial charge in [-0.1, -0.05) is 37.1 Å². The molecular formula is C24H33N5O. The van der Waals surface area contributed by atoms with Crippen LogP contribution < -0.4 is 15.5 Å². The lowest BCUT2D eigenvalue weighted by Gasteiger charge is -2.20. The number of nitrogens with zero attached hydrogens (tertiary/aromatic N) is 3. The smallest absolute Gasteiger partial charge is 0.319 e. The van der Waals surface area contributed by atoms with Gasteiger partial charge < -0.3 is 15.5 Å². The highest BCUT2D eigenvalue weighted by atomic mass is 16.2. The van der Waals surface area contributed by atoms with Crippen molar-refractivity contribution >= 4 is 17.5 Å². The fourth-order valence-electron chi connectivity index (χ4n) is 4.41. The average Bonchev–Trinajstić information content (AvgIpc) is 3.18. The molecule has 0 atom stereocenters. The van der Waals surface area contributed by atoms with E-state index in [1.165, 1.54) is 57.2 Å². The number of pyridine rings is 1. The van der Waals surface area contributed by atoms with Gasteiger partial charge in [-0.05, 0) is 62.0 Å². The number of amides is 2. The number of urea groups is 1. The first-order chi connectivity index (χ1) is 14.8. The van der Waals surface area contributed by atoms with Crippen molar-refractivity contribution in [3.05, 3.63) is 53.7 Å². The summed E-state index contributed by atoms with van der Waals surface area (Å²) in [6.45, 7) is 5.88. The number of likely N-dealkylation sites (tertiary alicyclic amines) is 1. The summed E-state index contributed by atoms with van der Waals surface area (Å²) in [5, 5.41) is 5.98. The molecule has 2 aromatic rings. The Hall–Kier alpha value is -2.60. The van der Waals surface area contributed by atoms with Crippen molar-refractivity contribution < 1.29 is 4.79 Å². The van der Waals surface area contributed by atoms with Crippen LogP contribution in [0.4, 0.5) is 16.3 Å². The number of anilines is 2. The molecule has 0 bridgehead atoms. The second kappa shape index (κ2) is 10.4. The molecule has 2 amide bonds. The molecule has 160 valence electrons. The van der Waals surface area contributed by atoms with Gasteiger partial charge >= 0.3 is 6.03 Å². The van der Waals surface area contributed by atoms with Crippen LogP contribution in [0.5, 0.6) is 0 Å². The zero-order valence-corrected chi connectivity index (χ0v) is 17.8. The van der Waals surface area contributed by atoms with Crippen LogP contribution in [-0.4, -0.2) is 42.1 Å². The molecule has 2 saturated heterocycles. The molecule has 0 radical (unpaired) electrons. The molecule has 0 spiro atoms. The molecule has 1 aromatic heterocycles. The topological polar surface area (TPSA) is 60.5 Å². The number of nitrogens with one attached hydrogen (secondary N) is 2. The van der Waals surface area contributed by atoms with E-state index in [-0.39, 0.29) is 6.03 Å². The van der Waals surface area contributed by atoms with Crippen molar-refractivity contribution in [2.45, 2.75) is 51.6 Å². The molecule has 0 unspecified atom stereocenters. The van der Waals surface area contributed by atoms with E-state index < -0.39 is 0 Å². The summed E-state index contributed by atoms with van der Waals surface area (Å²) < 4.78 is 0. The van der Waals surface area contributed by atoms with Gasteiger partial charge in [-0.2, -0.15) is 0 Å². The van der Waals surface area contributed by atoms with Gasteiger partial charge in [0.1, 0.15) is 0 Å². The predicted molar refractivity (Wildman–Crippen MR) is 122 cm³/mol. The van der Waals surface area contributed by atoms with E-state index in [9.17, 15) is 4.79 Å². The Balaban J connectivity index is 1.31. The van der Waals surface area contributed by atoms with Crippen LogP contribution in [0.3, 0.4) is 0 Å². The van der Waals surface area contributed by atoms with Gasteiger partial charge in [-0.3, -0.25) is 4.90 Å². The number of hydrogen-bond donors (Lipinski definition) is 2. The first-order valence-corrected chi connectivity index (χ1v) is 11.3. The highest BCUT2D eigenvalue weighted by molar-refractivity contribution is 5.92. The van der Waals surface area contributed by atoms with Gasteiger partial charge in [-0.25, -0.2) is 9.78 Å². The van der Waals surface area contributed by atoms with Gasteiger partial charge in [0, 0.05) is 32.4 Å². The third-order valence-corrected chi connectivity index (χ3v) is 5.99. The van der Waals surface area contributed by atoms with E-state index >= 15 is 0 Å². The molecule has 6 nitrogen and oxygen atoms in total. The van der Waals surface area contributed by atoms with Crippen LogP contribution in [0.2, 0.25) is 0 Å². The molecule has 30 heavy (non-hydrogen) atoms. The molecule has 6 heteroatoms. The third kappa shape index (κ3) is 5.72. The van der Waals surface area contributed by atoms with Crippen molar-refractivity contribution in [3.8, 4) is 0 Å². The predicted octanol–water partition coefficient (Wildman–Crippen LogP) is 4.38. The Labute approximate surface area is 179 Å². The maximum absolute atomic E-state index is 12.5. The van der Waals surface area contributed by atoms with E-state index in [1.807, 2.05) is 12.1 Å². The van der Waals surface area contributed by atoms with Crippen LogP contribution in [0.15, 0.2) is 42.6 Å². The second-order valence-corrected chi connectivity index (χ2v) is 8.39. The van der Waals surface area contributed by atoms with Crippen molar-refractivity contribution in [2.24, 2.45) is 0 Å². The normalized spacial score (nSPS) is 17.5. The highest BCUT2D eigenvalue weighted by Crippen LogP contribution is 2.26. The molecule has 4 rings (SSSR count). The van der Waals surface area contributed by atoms with E-state index in [0.717, 1.165) is 36.7 Å². The third-order valence-electron chi connectivity index (χ3n) is 5.99. The molecule has 2 fully saturated rings. The Morgan fingerprint density at radius 2 is 1.63 bits per heavy atom. The SMILES string of the molecule is O=C(NCc1cccc(CN2CCCCCC2)c1)Nc1cccnc1N1CCCC1. The standard InChI is InChI=1S/C24H33N5O/c30-24(27-22-11-8-12-25-23(22)29-15-5-6-16-29)26-18-20-9-7-10-21(17-20)19-28-13-3-1-2-4-14-28/h7-12,17H,1-6,13-16,18-19H2,(H2,26,27,30). The summed E-state index contributed by atoms with van der Waals surface area (Å²) >= 11 is 0. The number of carbonyl (C=O) groups excluding carboxylic acids is 1. The minimum absolute atomic E-state index is 0.193. The maximum Gasteiger partial charge on any atom is 0.319 e. The summed E-state index contributed by atoms with van der Waals surface area (Å²) in [6, 6.07) is 12.2. The largest absolute Gasteiger partial charge is 0.355 e. The molecule has 0 saturated carbocycles. The van der Waals surface area contributed by atoms with Crippen LogP contribution in [0, 0.1) is 0 Å². The first-order valence-electron chi connectivity index (χ1n) is 11.3. The maximum atomic E-state index is 12.5. The number of hydrogen-bond acceptors (Lipinski definition) is 4. The molecule has 2 N–H and O–H groups in total. The summed E-state index contributed by atoms with van der Waals surface area (Å²) in [6.07, 6.45) is 9.45. The van der Waals surface area contributed by atoms with Gasteiger partial charge in [0.05, 0.1) is 5.69 Å². The molecule has 3 heterocycles. The lowest BCUT2D eigenvalue weighted by molar-refractivity contribution is 0.251. The fraction of sp³-hybridized carbons (Fsp3) is 0.500. The van der Waals surface area contributed by atoms with Gasteiger partial charge in [0.25, 0.3) is 0 Å². The van der Waals surface area contributed by atoms with E-state index in [0.29, 0.717) is 6.54 Å². The van der Waals surface area contributed by atoms with Crippen LogP contribution in [0.25, 0.3) is 0 Å². The molecule has 2 aliphatic rings. The van der Waals surface area contributed by atoms with Crippen LogP contribution in [0.1, 0.15) is 49.7 Å². The Kier molecular flexibility index (Phi) is 7.19. The summed E-state index contributed by atoms with van der Waals surface area (Å²) in [7, 11) is 0. The minimum Gasteiger partial charge on any atom is -0.355 e. The Morgan fingerprint density at radius 1 is 0.900 bits per heavy atom. The summed E-state index contributed by atoms with van der Waals surface area (Å²) in [5.74, 6) is 0.865. The zero-order valence-electron chi connectivity index (χ0n) is 17.8. The van der Waals surface area contributed by atoms with Crippen LogP contribution >= 0.6 is 0 Å². The van der Waals surface area contributed by atoms with E-state index in [2.05, 4.69) is 49.7 Å². The summed E-state index contributed by atoms with van der Waals surface area (Å²) in [5.41, 5.74) is 3.22. The molecule has 1 aromatic carbocycles. The van der Waals surface area contributed by atoms with E-state index in [4.69, 9.17) is 0 Å². The second-order valence-electron chi connectivity index (χ2n) is 8.39. The first kappa shape index (κ1) is 20.7. The van der Waals surface area contributed by atoms with E-state index in [1.54, 1.807) is 6.20 Å². The number of carbonyl (C=O) groups is 1. The Bertz CT molecular complexity index is 826. The number of aromatic nitrogens is 1. The molecule has 2 aliphatic heterocycles. The fourth-order valence-corrected chi connectivity index (χ4v) is 4.41. The zero-order chi connectivity index (χ0) is 20.6. The quantitative estimate of drug-likeness (QED) is 0.746. The molecule has 0 aliphatic carbocycles. The lowest BCUT2D eigenvalue weighted by atomic mass is 10.1. The Morgan fingerprint density at radius 3 is 2.43 bits per heavy atom.